The van der Waals surface area contributed by atoms with E-state index in [1.165, 1.54) is 23.8 Å². The minimum absolute atomic E-state index is 0.0359. The highest BCUT2D eigenvalue weighted by Gasteiger charge is 2.35. The molecule has 12 nitrogen and oxygen atoms in total. The number of aromatic nitrogens is 4. The molecule has 12 heteroatoms. The van der Waals surface area contributed by atoms with Gasteiger partial charge >= 0.3 is 0 Å². The molecule has 3 atom stereocenters. The molecule has 5 rings (SSSR count). The van der Waals surface area contributed by atoms with Gasteiger partial charge in [-0.1, -0.05) is 48.5 Å². The third-order valence-corrected chi connectivity index (χ3v) is 6.00. The van der Waals surface area contributed by atoms with Gasteiger partial charge in [0.1, 0.15) is 18.7 Å². The second-order valence-electron chi connectivity index (χ2n) is 8.32. The number of hydrogen-bond donors (Lipinski definition) is 2. The van der Waals surface area contributed by atoms with Crippen molar-refractivity contribution in [1.29, 1.82) is 0 Å². The number of aliphatic hydroxyl groups is 2. The summed E-state index contributed by atoms with van der Waals surface area (Å²) < 4.78 is 7.43. The lowest BCUT2D eigenvalue weighted by atomic mass is 10.2. The molecule has 0 saturated carbocycles. The molecule has 1 fully saturated rings. The quantitative estimate of drug-likeness (QED) is 0.264. The van der Waals surface area contributed by atoms with E-state index in [-0.39, 0.29) is 31.9 Å². The number of para-hydroxylation sites is 1. The number of rotatable bonds is 9. The smallest absolute Gasteiger partial charge is 0.274 e. The van der Waals surface area contributed by atoms with Crippen LogP contribution in [0.25, 0.3) is 11.2 Å². The Labute approximate surface area is 205 Å². The topological polar surface area (TPSA) is 149 Å². The number of nitro groups is 1. The summed E-state index contributed by atoms with van der Waals surface area (Å²) in [5.41, 5.74) is 2.14. The van der Waals surface area contributed by atoms with Crippen LogP contribution in [0.3, 0.4) is 0 Å². The second kappa shape index (κ2) is 10.3. The minimum Gasteiger partial charge on any atom is -0.394 e. The van der Waals surface area contributed by atoms with E-state index >= 15 is 0 Å². The first-order valence-electron chi connectivity index (χ1n) is 11.3. The van der Waals surface area contributed by atoms with Gasteiger partial charge in [-0.3, -0.25) is 19.5 Å². The summed E-state index contributed by atoms with van der Waals surface area (Å²) in [6.07, 6.45) is 1.06. The zero-order valence-electron chi connectivity index (χ0n) is 19.1. The summed E-state index contributed by atoms with van der Waals surface area (Å²) in [5, 5.41) is 32.7. The summed E-state index contributed by atoms with van der Waals surface area (Å²) in [5.74, 6) is 0.324. The van der Waals surface area contributed by atoms with Gasteiger partial charge < -0.3 is 14.9 Å². The molecule has 1 saturated heterocycles. The number of imidazole rings is 1. The van der Waals surface area contributed by atoms with Gasteiger partial charge in [0.05, 0.1) is 42.7 Å². The van der Waals surface area contributed by atoms with Crippen molar-refractivity contribution in [2.45, 2.75) is 38.0 Å². The largest absolute Gasteiger partial charge is 0.394 e. The number of hydroxylamine groups is 1. The molecule has 4 aromatic rings. The van der Waals surface area contributed by atoms with Crippen LogP contribution in [0.5, 0.6) is 0 Å². The highest BCUT2D eigenvalue weighted by Crippen LogP contribution is 2.33. The molecule has 2 aromatic heterocycles. The van der Waals surface area contributed by atoms with Crippen LogP contribution in [0.4, 0.5) is 11.5 Å². The first-order valence-corrected chi connectivity index (χ1v) is 11.3. The maximum absolute atomic E-state index is 11.6. The van der Waals surface area contributed by atoms with Gasteiger partial charge in [-0.05, 0) is 5.56 Å². The molecule has 2 N–H and O–H groups in total. The molecule has 0 bridgehead atoms. The predicted octanol–water partition coefficient (Wildman–Crippen LogP) is 2.51. The molecular weight excluding hydrogens is 468 g/mol. The number of nitrogens with zero attached hydrogens (tertiary/aromatic N) is 6. The van der Waals surface area contributed by atoms with Crippen molar-refractivity contribution >= 4 is 22.7 Å². The molecule has 36 heavy (non-hydrogen) atoms. The Bertz CT molecular complexity index is 1350. The van der Waals surface area contributed by atoms with Crippen molar-refractivity contribution in [3.63, 3.8) is 0 Å². The molecule has 186 valence electrons. The zero-order chi connectivity index (χ0) is 25.1. The molecule has 1 aliphatic heterocycles. The molecule has 0 spiro atoms. The zero-order valence-corrected chi connectivity index (χ0v) is 19.1. The van der Waals surface area contributed by atoms with Crippen molar-refractivity contribution < 1.29 is 24.7 Å². The van der Waals surface area contributed by atoms with Crippen LogP contribution < -0.4 is 5.06 Å². The van der Waals surface area contributed by atoms with E-state index in [2.05, 4.69) is 15.0 Å². The van der Waals surface area contributed by atoms with Gasteiger partial charge in [0.15, 0.2) is 17.0 Å². The number of nitro benzene ring substituents is 1. The standard InChI is InChI=1S/C24H24N6O6/c31-12-20-19(32)10-21(36-20)28-15-27-22-23(28)25-14-26-24(22)29(35-13-16-6-2-1-3-7-16)11-17-8-4-5-9-18(17)30(33)34/h1-9,14-15,19-21,31-32H,10-13H2/t19-,20+,21+/m0/s1. The third kappa shape index (κ3) is 4.75. The fourth-order valence-electron chi connectivity index (χ4n) is 4.17. The number of benzene rings is 2. The summed E-state index contributed by atoms with van der Waals surface area (Å²) in [4.78, 5) is 30.5. The Morgan fingerprint density at radius 1 is 1.14 bits per heavy atom. The van der Waals surface area contributed by atoms with Gasteiger partial charge in [0, 0.05) is 12.5 Å². The third-order valence-electron chi connectivity index (χ3n) is 6.00. The van der Waals surface area contributed by atoms with Crippen LogP contribution in [0.2, 0.25) is 0 Å². The lowest BCUT2D eigenvalue weighted by molar-refractivity contribution is -0.385. The molecule has 1 aliphatic rings. The van der Waals surface area contributed by atoms with Gasteiger partial charge in [-0.15, -0.1) is 0 Å². The van der Waals surface area contributed by atoms with Gasteiger partial charge in [0.25, 0.3) is 5.69 Å². The van der Waals surface area contributed by atoms with Crippen LogP contribution in [0.1, 0.15) is 23.8 Å². The first-order chi connectivity index (χ1) is 17.5. The van der Waals surface area contributed by atoms with Crippen LogP contribution >= 0.6 is 0 Å². The van der Waals surface area contributed by atoms with E-state index in [4.69, 9.17) is 9.57 Å². The first kappa shape index (κ1) is 23.8. The molecule has 0 amide bonds. The summed E-state index contributed by atoms with van der Waals surface area (Å²) >= 11 is 0. The predicted molar refractivity (Wildman–Crippen MR) is 127 cm³/mol. The highest BCUT2D eigenvalue weighted by atomic mass is 16.7. The van der Waals surface area contributed by atoms with Crippen molar-refractivity contribution in [3.8, 4) is 0 Å². The Morgan fingerprint density at radius 2 is 1.92 bits per heavy atom. The van der Waals surface area contributed by atoms with E-state index in [9.17, 15) is 20.3 Å². The molecule has 0 aliphatic carbocycles. The molecular formula is C24H24N6O6. The number of aliphatic hydroxyl groups excluding tert-OH is 2. The summed E-state index contributed by atoms with van der Waals surface area (Å²) in [6, 6.07) is 15.9. The maximum Gasteiger partial charge on any atom is 0.274 e. The lowest BCUT2D eigenvalue weighted by Crippen LogP contribution is -2.25. The van der Waals surface area contributed by atoms with Crippen LogP contribution in [-0.2, 0) is 22.7 Å². The maximum atomic E-state index is 11.6. The van der Waals surface area contributed by atoms with E-state index in [0.717, 1.165) is 5.56 Å². The monoisotopic (exact) mass is 492 g/mol. The Hall–Kier alpha value is -3.97. The van der Waals surface area contributed by atoms with Crippen LogP contribution in [0.15, 0.2) is 67.3 Å². The van der Waals surface area contributed by atoms with Crippen LogP contribution in [0, 0.1) is 10.1 Å². The van der Waals surface area contributed by atoms with E-state index < -0.39 is 23.4 Å². The van der Waals surface area contributed by atoms with E-state index in [1.54, 1.807) is 22.8 Å². The molecule has 3 heterocycles. The number of ether oxygens (including phenoxy) is 1. The highest BCUT2D eigenvalue weighted by molar-refractivity contribution is 5.83. The molecule has 2 aromatic carbocycles. The van der Waals surface area contributed by atoms with Gasteiger partial charge in [0.2, 0.25) is 0 Å². The fourth-order valence-corrected chi connectivity index (χ4v) is 4.17. The Morgan fingerprint density at radius 3 is 2.67 bits per heavy atom. The second-order valence-corrected chi connectivity index (χ2v) is 8.32. The van der Waals surface area contributed by atoms with Gasteiger partial charge in [-0.25, -0.2) is 20.0 Å². The fraction of sp³-hybridized carbons (Fsp3) is 0.292. The van der Waals surface area contributed by atoms with E-state index in [1.807, 2.05) is 30.3 Å². The van der Waals surface area contributed by atoms with E-state index in [0.29, 0.717) is 22.5 Å². The lowest BCUT2D eigenvalue weighted by Gasteiger charge is -2.23. The number of hydrogen-bond acceptors (Lipinski definition) is 10. The Kier molecular flexibility index (Phi) is 6.82. The van der Waals surface area contributed by atoms with Crippen LogP contribution in [-0.4, -0.2) is 53.5 Å². The van der Waals surface area contributed by atoms with Crippen molar-refractivity contribution in [2.24, 2.45) is 0 Å². The Balaban J connectivity index is 1.51. The summed E-state index contributed by atoms with van der Waals surface area (Å²) in [6.45, 7) is -0.0700. The number of fused-ring (bicyclic) bond motifs is 1. The van der Waals surface area contributed by atoms with Crippen molar-refractivity contribution in [2.75, 3.05) is 11.7 Å². The average Bonchev–Trinajstić information content (AvgIpc) is 3.50. The van der Waals surface area contributed by atoms with Crippen molar-refractivity contribution in [1.82, 2.24) is 19.5 Å². The molecule has 0 radical (unpaired) electrons. The normalized spacial score (nSPS) is 19.6. The summed E-state index contributed by atoms with van der Waals surface area (Å²) in [7, 11) is 0. The SMILES string of the molecule is O=[N+]([O-])c1ccccc1CN(OCc1ccccc1)c1ncnc2c1ncn2[C@H]1C[C@H](O)[C@@H](CO)O1. The average molecular weight is 492 g/mol. The number of anilines is 1. The minimum atomic E-state index is -0.817. The van der Waals surface area contributed by atoms with Crippen molar-refractivity contribution in [3.05, 3.63) is 88.5 Å². The molecule has 0 unspecified atom stereocenters. The van der Waals surface area contributed by atoms with Gasteiger partial charge in [-0.2, -0.15) is 0 Å².